The minimum absolute atomic E-state index is 0.172. The highest BCUT2D eigenvalue weighted by Crippen LogP contribution is 2.25. The molecule has 6 heteroatoms. The second kappa shape index (κ2) is 7.61. The van der Waals surface area contributed by atoms with Gasteiger partial charge < -0.3 is 9.64 Å². The summed E-state index contributed by atoms with van der Waals surface area (Å²) in [4.78, 5) is 27.7. The molecule has 2 aromatic carbocycles. The molecule has 4 rings (SSSR count). The number of nitrogens with zero attached hydrogens (tertiary/aromatic N) is 2. The first-order valence-corrected chi connectivity index (χ1v) is 9.22. The molecule has 1 unspecified atom stereocenters. The smallest absolute Gasteiger partial charge is 0.360 e. The molecule has 3 aromatic rings. The van der Waals surface area contributed by atoms with Gasteiger partial charge in [-0.2, -0.15) is 5.10 Å². The lowest BCUT2D eigenvalue weighted by Gasteiger charge is -2.30. The summed E-state index contributed by atoms with van der Waals surface area (Å²) >= 11 is 0. The number of benzene rings is 2. The molecular formula is C21H21N3O3. The second-order valence-corrected chi connectivity index (χ2v) is 6.70. The summed E-state index contributed by atoms with van der Waals surface area (Å²) in [6.07, 6.45) is 2.11. The van der Waals surface area contributed by atoms with Gasteiger partial charge in [0.15, 0.2) is 5.69 Å². The van der Waals surface area contributed by atoms with Crippen LogP contribution in [0, 0.1) is 0 Å². The number of amides is 1. The van der Waals surface area contributed by atoms with E-state index in [0.717, 1.165) is 24.8 Å². The third kappa shape index (κ3) is 3.56. The molecule has 1 saturated heterocycles. The third-order valence-corrected chi connectivity index (χ3v) is 4.88. The number of carbonyl (C=O) groups excluding carboxylic acids is 2. The van der Waals surface area contributed by atoms with E-state index in [4.69, 9.17) is 4.74 Å². The summed E-state index contributed by atoms with van der Waals surface area (Å²) < 4.78 is 5.69. The molecule has 1 aliphatic heterocycles. The summed E-state index contributed by atoms with van der Waals surface area (Å²) in [5.74, 6) is -0.777. The van der Waals surface area contributed by atoms with Crippen LogP contribution in [0.25, 0.3) is 10.9 Å². The third-order valence-electron chi connectivity index (χ3n) is 4.88. The summed E-state index contributed by atoms with van der Waals surface area (Å²) in [6.45, 7) is 1.40. The number of nitrogens with one attached hydrogen (secondary N) is 1. The molecule has 27 heavy (non-hydrogen) atoms. The first kappa shape index (κ1) is 17.3. The van der Waals surface area contributed by atoms with Gasteiger partial charge in [-0.15, -0.1) is 0 Å². The van der Waals surface area contributed by atoms with Gasteiger partial charge in [0.2, 0.25) is 6.10 Å². The van der Waals surface area contributed by atoms with Crippen LogP contribution in [0.5, 0.6) is 0 Å². The number of piperidine rings is 1. The predicted octanol–water partition coefficient (Wildman–Crippen LogP) is 3.47. The van der Waals surface area contributed by atoms with Crippen molar-refractivity contribution in [3.05, 3.63) is 65.9 Å². The molecule has 138 valence electrons. The minimum atomic E-state index is -0.965. The highest BCUT2D eigenvalue weighted by atomic mass is 16.5. The number of aromatic amines is 1. The fourth-order valence-electron chi connectivity index (χ4n) is 3.45. The molecule has 1 amide bonds. The van der Waals surface area contributed by atoms with Gasteiger partial charge in [0.05, 0.1) is 5.52 Å². The number of esters is 1. The summed E-state index contributed by atoms with van der Waals surface area (Å²) in [7, 11) is 0. The topological polar surface area (TPSA) is 75.3 Å². The van der Waals surface area contributed by atoms with Crippen LogP contribution in [0.2, 0.25) is 0 Å². The number of aromatic nitrogens is 2. The van der Waals surface area contributed by atoms with E-state index in [1.165, 1.54) is 0 Å². The quantitative estimate of drug-likeness (QED) is 0.720. The normalized spacial score (nSPS) is 15.5. The molecular weight excluding hydrogens is 342 g/mol. The number of likely N-dealkylation sites (tertiary alicyclic amines) is 1. The van der Waals surface area contributed by atoms with E-state index < -0.39 is 12.1 Å². The fraction of sp³-hybridized carbons (Fsp3) is 0.286. The Hall–Kier alpha value is -3.15. The fourth-order valence-corrected chi connectivity index (χ4v) is 3.45. The molecule has 2 heterocycles. The van der Waals surface area contributed by atoms with Crippen molar-refractivity contribution in [2.75, 3.05) is 13.1 Å². The maximum atomic E-state index is 13.1. The van der Waals surface area contributed by atoms with Gasteiger partial charge in [-0.25, -0.2) is 4.79 Å². The lowest BCUT2D eigenvalue weighted by molar-refractivity contribution is -0.142. The number of hydrogen-bond acceptors (Lipinski definition) is 4. The van der Waals surface area contributed by atoms with Crippen LogP contribution in [0.3, 0.4) is 0 Å². The summed E-state index contributed by atoms with van der Waals surface area (Å²) in [5, 5.41) is 7.60. The van der Waals surface area contributed by atoms with Gasteiger partial charge in [-0.1, -0.05) is 48.5 Å². The number of hydrogen-bond donors (Lipinski definition) is 1. The van der Waals surface area contributed by atoms with Crippen molar-refractivity contribution < 1.29 is 14.3 Å². The summed E-state index contributed by atoms with van der Waals surface area (Å²) in [5.41, 5.74) is 1.61. The van der Waals surface area contributed by atoms with E-state index in [9.17, 15) is 9.59 Å². The SMILES string of the molecule is O=C(OC(C(=O)N1CCCCC1)c1ccccc1)c1n[nH]c2ccccc12. The number of para-hydroxylation sites is 1. The Morgan fingerprint density at radius 1 is 0.963 bits per heavy atom. The van der Waals surface area contributed by atoms with Gasteiger partial charge in [0, 0.05) is 24.0 Å². The van der Waals surface area contributed by atoms with Crippen molar-refractivity contribution in [2.45, 2.75) is 25.4 Å². The Kier molecular flexibility index (Phi) is 4.87. The van der Waals surface area contributed by atoms with Crippen LogP contribution >= 0.6 is 0 Å². The van der Waals surface area contributed by atoms with E-state index in [1.54, 1.807) is 11.0 Å². The van der Waals surface area contributed by atoms with Crippen LogP contribution in [0.15, 0.2) is 54.6 Å². The molecule has 1 fully saturated rings. The van der Waals surface area contributed by atoms with E-state index in [0.29, 0.717) is 24.0 Å². The number of carbonyl (C=O) groups is 2. The molecule has 0 bridgehead atoms. The molecule has 1 atom stereocenters. The van der Waals surface area contributed by atoms with Crippen molar-refractivity contribution >= 4 is 22.8 Å². The average Bonchev–Trinajstić information content (AvgIpc) is 3.17. The first-order chi connectivity index (χ1) is 13.2. The molecule has 1 aromatic heterocycles. The number of H-pyrrole nitrogens is 1. The zero-order valence-electron chi connectivity index (χ0n) is 14.9. The molecule has 0 spiro atoms. The van der Waals surface area contributed by atoms with Crippen LogP contribution in [-0.2, 0) is 9.53 Å². The Balaban J connectivity index is 1.62. The lowest BCUT2D eigenvalue weighted by Crippen LogP contribution is -2.40. The second-order valence-electron chi connectivity index (χ2n) is 6.70. The number of fused-ring (bicyclic) bond motifs is 1. The van der Waals surface area contributed by atoms with Gasteiger partial charge in [-0.3, -0.25) is 9.89 Å². The van der Waals surface area contributed by atoms with Crippen LogP contribution in [-0.4, -0.2) is 40.1 Å². The largest absolute Gasteiger partial charge is 0.442 e. The molecule has 0 saturated carbocycles. The Labute approximate surface area is 157 Å². The molecule has 1 N–H and O–H groups in total. The van der Waals surface area contributed by atoms with E-state index in [1.807, 2.05) is 48.5 Å². The molecule has 0 aliphatic carbocycles. The maximum Gasteiger partial charge on any atom is 0.360 e. The standard InChI is InChI=1S/C21H21N3O3/c25-20(24-13-7-2-8-14-24)19(15-9-3-1-4-10-15)27-21(26)18-16-11-5-6-12-17(16)22-23-18/h1,3-6,9-12,19H,2,7-8,13-14H2,(H,22,23). The van der Waals surface area contributed by atoms with E-state index in [-0.39, 0.29) is 11.6 Å². The number of ether oxygens (including phenoxy) is 1. The van der Waals surface area contributed by atoms with Crippen molar-refractivity contribution in [2.24, 2.45) is 0 Å². The van der Waals surface area contributed by atoms with Gasteiger partial charge in [0.25, 0.3) is 5.91 Å². The number of rotatable bonds is 4. The van der Waals surface area contributed by atoms with Crippen molar-refractivity contribution in [3.8, 4) is 0 Å². The van der Waals surface area contributed by atoms with Gasteiger partial charge in [0.1, 0.15) is 0 Å². The minimum Gasteiger partial charge on any atom is -0.442 e. The predicted molar refractivity (Wildman–Crippen MR) is 101 cm³/mol. The first-order valence-electron chi connectivity index (χ1n) is 9.22. The summed E-state index contributed by atoms with van der Waals surface area (Å²) in [6, 6.07) is 16.5. The highest BCUT2D eigenvalue weighted by Gasteiger charge is 2.31. The average molecular weight is 363 g/mol. The van der Waals surface area contributed by atoms with E-state index in [2.05, 4.69) is 10.2 Å². The zero-order chi connectivity index (χ0) is 18.6. The van der Waals surface area contributed by atoms with Crippen LogP contribution in [0.1, 0.15) is 41.4 Å². The van der Waals surface area contributed by atoms with E-state index >= 15 is 0 Å². The van der Waals surface area contributed by atoms with Crippen molar-refractivity contribution in [3.63, 3.8) is 0 Å². The molecule has 1 aliphatic rings. The Morgan fingerprint density at radius 3 is 2.44 bits per heavy atom. The van der Waals surface area contributed by atoms with Crippen LogP contribution < -0.4 is 0 Å². The van der Waals surface area contributed by atoms with Crippen molar-refractivity contribution in [1.29, 1.82) is 0 Å². The van der Waals surface area contributed by atoms with Gasteiger partial charge >= 0.3 is 5.97 Å². The zero-order valence-corrected chi connectivity index (χ0v) is 14.9. The van der Waals surface area contributed by atoms with Crippen molar-refractivity contribution in [1.82, 2.24) is 15.1 Å². The van der Waals surface area contributed by atoms with Crippen LogP contribution in [0.4, 0.5) is 0 Å². The highest BCUT2D eigenvalue weighted by molar-refractivity contribution is 6.02. The monoisotopic (exact) mass is 363 g/mol. The molecule has 0 radical (unpaired) electrons. The maximum absolute atomic E-state index is 13.1. The van der Waals surface area contributed by atoms with Gasteiger partial charge in [-0.05, 0) is 25.3 Å². The molecule has 6 nitrogen and oxygen atoms in total. The Bertz CT molecular complexity index is 945. The lowest BCUT2D eigenvalue weighted by atomic mass is 10.1. The Morgan fingerprint density at radius 2 is 1.67 bits per heavy atom.